The molecule has 0 radical (unpaired) electrons. The zero-order valence-corrected chi connectivity index (χ0v) is 17.1. The van der Waals surface area contributed by atoms with Crippen molar-refractivity contribution < 1.29 is 18.0 Å². The van der Waals surface area contributed by atoms with Crippen LogP contribution in [-0.4, -0.2) is 62.2 Å². The monoisotopic (exact) mass is 436 g/mol. The van der Waals surface area contributed by atoms with Crippen LogP contribution in [0.3, 0.4) is 0 Å². The van der Waals surface area contributed by atoms with E-state index < -0.39 is 15.9 Å². The van der Waals surface area contributed by atoms with Gasteiger partial charge in [-0.3, -0.25) is 14.5 Å². The maximum Gasteiger partial charge on any atom is 0.250 e. The number of anilines is 1. The van der Waals surface area contributed by atoms with Gasteiger partial charge in [-0.25, -0.2) is 8.42 Å². The van der Waals surface area contributed by atoms with Crippen molar-refractivity contribution in [2.24, 2.45) is 5.73 Å². The molecule has 1 fully saturated rings. The number of para-hydroxylation sites is 1. The summed E-state index contributed by atoms with van der Waals surface area (Å²) in [6.45, 7) is 1.46. The summed E-state index contributed by atoms with van der Waals surface area (Å²) in [5.41, 5.74) is 5.91. The molecule has 2 amide bonds. The van der Waals surface area contributed by atoms with E-state index in [0.29, 0.717) is 23.8 Å². The van der Waals surface area contributed by atoms with E-state index in [1.165, 1.54) is 16.4 Å². The molecule has 10 heteroatoms. The van der Waals surface area contributed by atoms with E-state index in [9.17, 15) is 18.0 Å². The van der Waals surface area contributed by atoms with Gasteiger partial charge in [-0.1, -0.05) is 23.7 Å². The van der Waals surface area contributed by atoms with E-state index >= 15 is 0 Å². The van der Waals surface area contributed by atoms with Crippen LogP contribution in [0.4, 0.5) is 5.69 Å². The Kier molecular flexibility index (Phi) is 6.53. The van der Waals surface area contributed by atoms with Crippen molar-refractivity contribution >= 4 is 39.1 Å². The van der Waals surface area contributed by atoms with Gasteiger partial charge in [0.05, 0.1) is 22.7 Å². The van der Waals surface area contributed by atoms with Crippen LogP contribution in [0.5, 0.6) is 0 Å². The number of sulfonamides is 1. The van der Waals surface area contributed by atoms with Crippen LogP contribution in [0.25, 0.3) is 0 Å². The smallest absolute Gasteiger partial charge is 0.250 e. The topological polar surface area (TPSA) is 113 Å². The molecule has 0 bridgehead atoms. The number of primary amides is 1. The lowest BCUT2D eigenvalue weighted by atomic mass is 10.1. The number of carbonyl (C=O) groups excluding carboxylic acids is 2. The Morgan fingerprint density at radius 1 is 1.00 bits per heavy atom. The number of piperazine rings is 1. The number of carbonyl (C=O) groups is 2. The Labute approximate surface area is 174 Å². The van der Waals surface area contributed by atoms with E-state index in [2.05, 4.69) is 5.32 Å². The molecule has 1 heterocycles. The van der Waals surface area contributed by atoms with Crippen LogP contribution in [0.1, 0.15) is 10.4 Å². The molecule has 154 valence electrons. The van der Waals surface area contributed by atoms with Crippen LogP contribution in [-0.2, 0) is 14.8 Å². The van der Waals surface area contributed by atoms with Gasteiger partial charge < -0.3 is 11.1 Å². The first-order chi connectivity index (χ1) is 13.8. The van der Waals surface area contributed by atoms with Gasteiger partial charge in [0, 0.05) is 31.2 Å². The normalized spacial score (nSPS) is 15.8. The first-order valence-corrected chi connectivity index (χ1v) is 10.8. The summed E-state index contributed by atoms with van der Waals surface area (Å²) in [7, 11) is -3.60. The van der Waals surface area contributed by atoms with Crippen LogP contribution in [0.2, 0.25) is 5.02 Å². The average molecular weight is 437 g/mol. The predicted molar refractivity (Wildman–Crippen MR) is 110 cm³/mol. The Morgan fingerprint density at radius 3 is 2.24 bits per heavy atom. The molecule has 1 aliphatic rings. The van der Waals surface area contributed by atoms with Crippen molar-refractivity contribution in [3.05, 3.63) is 59.1 Å². The summed E-state index contributed by atoms with van der Waals surface area (Å²) in [6.07, 6.45) is 0. The fraction of sp³-hybridized carbons (Fsp3) is 0.263. The van der Waals surface area contributed by atoms with Gasteiger partial charge in [-0.05, 0) is 36.4 Å². The average Bonchev–Trinajstić information content (AvgIpc) is 2.69. The Balaban J connectivity index is 1.57. The van der Waals surface area contributed by atoms with Gasteiger partial charge in [0.15, 0.2) is 0 Å². The highest BCUT2D eigenvalue weighted by Crippen LogP contribution is 2.20. The molecule has 29 heavy (non-hydrogen) atoms. The van der Waals surface area contributed by atoms with E-state index in [1.54, 1.807) is 36.4 Å². The van der Waals surface area contributed by atoms with Crippen LogP contribution >= 0.6 is 11.6 Å². The molecule has 0 aromatic heterocycles. The molecular formula is C19H21ClN4O4S. The van der Waals surface area contributed by atoms with Gasteiger partial charge >= 0.3 is 0 Å². The molecule has 3 rings (SSSR count). The molecule has 3 N–H and O–H groups in total. The van der Waals surface area contributed by atoms with E-state index in [4.69, 9.17) is 17.3 Å². The lowest BCUT2D eigenvalue weighted by molar-refractivity contribution is -0.117. The van der Waals surface area contributed by atoms with E-state index in [-0.39, 0.29) is 36.0 Å². The van der Waals surface area contributed by atoms with Crippen LogP contribution in [0, 0.1) is 0 Å². The quantitative estimate of drug-likeness (QED) is 0.710. The molecule has 2 aromatic carbocycles. The molecule has 0 atom stereocenters. The Hall–Kier alpha value is -2.46. The highest BCUT2D eigenvalue weighted by molar-refractivity contribution is 7.89. The summed E-state index contributed by atoms with van der Waals surface area (Å²) < 4.78 is 26.8. The van der Waals surface area contributed by atoms with Gasteiger partial charge in [0.1, 0.15) is 0 Å². The van der Waals surface area contributed by atoms with Crippen molar-refractivity contribution in [2.45, 2.75) is 4.90 Å². The van der Waals surface area contributed by atoms with Crippen molar-refractivity contribution in [1.29, 1.82) is 0 Å². The second-order valence-corrected chi connectivity index (χ2v) is 8.97. The summed E-state index contributed by atoms with van der Waals surface area (Å²) >= 11 is 5.82. The lowest BCUT2D eigenvalue weighted by Gasteiger charge is -2.33. The zero-order valence-electron chi connectivity index (χ0n) is 15.5. The first-order valence-electron chi connectivity index (χ1n) is 8.94. The third kappa shape index (κ3) is 5.13. The van der Waals surface area contributed by atoms with Gasteiger partial charge in [-0.2, -0.15) is 4.31 Å². The standard InChI is InChI=1S/C19H21ClN4O4S/c20-14-5-7-15(8-6-14)29(27,28)24-11-9-23(10-12-24)13-18(25)22-17-4-2-1-3-16(17)19(21)26/h1-8H,9-13H2,(H2,21,26)(H,22,25). The minimum atomic E-state index is -3.60. The van der Waals surface area contributed by atoms with Crippen LogP contribution in [0.15, 0.2) is 53.4 Å². The molecule has 1 aliphatic heterocycles. The van der Waals surface area contributed by atoms with Crippen molar-refractivity contribution in [1.82, 2.24) is 9.21 Å². The Morgan fingerprint density at radius 2 is 1.62 bits per heavy atom. The number of benzene rings is 2. The SMILES string of the molecule is NC(=O)c1ccccc1NC(=O)CN1CCN(S(=O)(=O)c2ccc(Cl)cc2)CC1. The molecule has 8 nitrogen and oxygen atoms in total. The molecule has 2 aromatic rings. The van der Waals surface area contributed by atoms with Crippen molar-refractivity contribution in [2.75, 3.05) is 38.0 Å². The Bertz CT molecular complexity index is 1000. The highest BCUT2D eigenvalue weighted by Gasteiger charge is 2.29. The van der Waals surface area contributed by atoms with Gasteiger partial charge in [-0.15, -0.1) is 0 Å². The number of halogens is 1. The molecule has 0 aliphatic carbocycles. The number of hydrogen-bond acceptors (Lipinski definition) is 5. The molecule has 0 saturated carbocycles. The molecular weight excluding hydrogens is 416 g/mol. The summed E-state index contributed by atoms with van der Waals surface area (Å²) in [5, 5.41) is 3.16. The number of nitrogens with zero attached hydrogens (tertiary/aromatic N) is 2. The van der Waals surface area contributed by atoms with Gasteiger partial charge in [0.25, 0.3) is 5.91 Å². The number of rotatable bonds is 6. The third-order valence-electron chi connectivity index (χ3n) is 4.62. The first kappa shape index (κ1) is 21.3. The number of hydrogen-bond donors (Lipinski definition) is 2. The summed E-state index contributed by atoms with van der Waals surface area (Å²) in [4.78, 5) is 25.8. The van der Waals surface area contributed by atoms with E-state index in [0.717, 1.165) is 0 Å². The van der Waals surface area contributed by atoms with Crippen LogP contribution < -0.4 is 11.1 Å². The number of nitrogens with two attached hydrogens (primary N) is 1. The van der Waals surface area contributed by atoms with Crippen molar-refractivity contribution in [3.8, 4) is 0 Å². The number of amides is 2. The maximum atomic E-state index is 12.7. The largest absolute Gasteiger partial charge is 0.366 e. The second-order valence-electron chi connectivity index (χ2n) is 6.59. The minimum absolute atomic E-state index is 0.0852. The number of nitrogens with one attached hydrogen (secondary N) is 1. The second kappa shape index (κ2) is 8.91. The maximum absolute atomic E-state index is 12.7. The molecule has 0 unspecified atom stereocenters. The lowest BCUT2D eigenvalue weighted by Crippen LogP contribution is -2.50. The molecule has 1 saturated heterocycles. The predicted octanol–water partition coefficient (Wildman–Crippen LogP) is 1.38. The fourth-order valence-electron chi connectivity index (χ4n) is 3.08. The van der Waals surface area contributed by atoms with Crippen molar-refractivity contribution in [3.63, 3.8) is 0 Å². The zero-order chi connectivity index (χ0) is 21.0. The highest BCUT2D eigenvalue weighted by atomic mass is 35.5. The summed E-state index contributed by atoms with van der Waals surface area (Å²) in [5.74, 6) is -0.922. The van der Waals surface area contributed by atoms with E-state index in [1.807, 2.05) is 4.90 Å². The fourth-order valence-corrected chi connectivity index (χ4v) is 4.63. The third-order valence-corrected chi connectivity index (χ3v) is 6.78. The van der Waals surface area contributed by atoms with Gasteiger partial charge in [0.2, 0.25) is 15.9 Å². The minimum Gasteiger partial charge on any atom is -0.366 e. The summed E-state index contributed by atoms with van der Waals surface area (Å²) in [6, 6.07) is 12.5. The molecule has 0 spiro atoms.